The molecule has 1 aromatic heterocycles. The Morgan fingerprint density at radius 2 is 1.81 bits per heavy atom. The van der Waals surface area contributed by atoms with E-state index in [4.69, 9.17) is 0 Å². The minimum atomic E-state index is -0.210. The van der Waals surface area contributed by atoms with Gasteiger partial charge in [0.25, 0.3) is 11.8 Å². The Morgan fingerprint density at radius 3 is 2.48 bits per heavy atom. The topological polar surface area (TPSA) is 65.5 Å². The van der Waals surface area contributed by atoms with Crippen molar-refractivity contribution in [3.63, 3.8) is 0 Å². The maximum absolute atomic E-state index is 12.7. The van der Waals surface area contributed by atoms with Crippen LogP contribution in [0.1, 0.15) is 46.3 Å². The van der Waals surface area contributed by atoms with Crippen LogP contribution in [0.5, 0.6) is 0 Å². The van der Waals surface area contributed by atoms with Gasteiger partial charge in [0.1, 0.15) is 5.69 Å². The summed E-state index contributed by atoms with van der Waals surface area (Å²) in [6.45, 7) is 8.18. The number of carbonyl (C=O) groups is 2. The monoisotopic (exact) mass is 366 g/mol. The first kappa shape index (κ1) is 19.0. The predicted molar refractivity (Wildman–Crippen MR) is 105 cm³/mol. The summed E-state index contributed by atoms with van der Waals surface area (Å²) < 4.78 is 0. The molecule has 2 amide bonds. The Hall–Kier alpha value is -2.73. The van der Waals surface area contributed by atoms with Crippen LogP contribution in [0.25, 0.3) is 0 Å². The lowest BCUT2D eigenvalue weighted by molar-refractivity contribution is 0.0637. The van der Waals surface area contributed by atoms with Crippen molar-refractivity contribution in [1.29, 1.82) is 0 Å². The smallest absolute Gasteiger partial charge is 0.272 e. The van der Waals surface area contributed by atoms with Crippen molar-refractivity contribution in [2.24, 2.45) is 0 Å². The van der Waals surface area contributed by atoms with E-state index in [2.05, 4.69) is 22.1 Å². The molecular weight excluding hydrogens is 340 g/mol. The minimum absolute atomic E-state index is 0.114. The van der Waals surface area contributed by atoms with E-state index in [-0.39, 0.29) is 17.9 Å². The summed E-state index contributed by atoms with van der Waals surface area (Å²) in [5, 5.41) is 2.97. The van der Waals surface area contributed by atoms with Gasteiger partial charge in [0, 0.05) is 37.9 Å². The van der Waals surface area contributed by atoms with Crippen molar-refractivity contribution in [3.8, 4) is 0 Å². The number of amides is 2. The van der Waals surface area contributed by atoms with Crippen LogP contribution in [0.2, 0.25) is 0 Å². The van der Waals surface area contributed by atoms with Gasteiger partial charge in [0.2, 0.25) is 0 Å². The number of nitrogens with zero attached hydrogens (tertiary/aromatic N) is 3. The fraction of sp³-hybridized carbons (Fsp3) is 0.381. The number of likely N-dealkylation sites (N-methyl/N-ethyl adjacent to an activating group) is 1. The molecule has 1 saturated heterocycles. The number of hydrogen-bond donors (Lipinski definition) is 1. The summed E-state index contributed by atoms with van der Waals surface area (Å²) >= 11 is 0. The van der Waals surface area contributed by atoms with Gasteiger partial charge < -0.3 is 15.1 Å². The van der Waals surface area contributed by atoms with Crippen LogP contribution in [-0.4, -0.2) is 59.3 Å². The van der Waals surface area contributed by atoms with Gasteiger partial charge in [-0.1, -0.05) is 37.3 Å². The Balaban J connectivity index is 1.66. The molecule has 27 heavy (non-hydrogen) atoms. The molecule has 142 valence electrons. The van der Waals surface area contributed by atoms with Crippen LogP contribution in [-0.2, 0) is 0 Å². The van der Waals surface area contributed by atoms with Crippen LogP contribution < -0.4 is 5.32 Å². The number of pyridine rings is 1. The van der Waals surface area contributed by atoms with E-state index in [0.717, 1.165) is 25.2 Å². The molecule has 6 heteroatoms. The molecule has 6 nitrogen and oxygen atoms in total. The normalized spacial score (nSPS) is 16.0. The number of piperazine rings is 1. The van der Waals surface area contributed by atoms with E-state index in [1.54, 1.807) is 12.1 Å². The Kier molecular flexibility index (Phi) is 6.19. The second-order valence-electron chi connectivity index (χ2n) is 6.76. The van der Waals surface area contributed by atoms with E-state index in [0.29, 0.717) is 24.3 Å². The molecule has 0 bridgehead atoms. The van der Waals surface area contributed by atoms with Crippen molar-refractivity contribution in [3.05, 3.63) is 65.5 Å². The zero-order valence-electron chi connectivity index (χ0n) is 15.9. The molecule has 1 unspecified atom stereocenters. The maximum atomic E-state index is 12.7. The predicted octanol–water partition coefficient (Wildman–Crippen LogP) is 2.35. The number of hydrogen-bond acceptors (Lipinski definition) is 4. The van der Waals surface area contributed by atoms with Crippen LogP contribution in [0, 0.1) is 0 Å². The Bertz CT molecular complexity index is 786. The van der Waals surface area contributed by atoms with E-state index in [1.807, 2.05) is 42.2 Å². The molecule has 2 aromatic rings. The SMILES string of the molecule is CCN1CCN(C(=O)c2cc(C(=O)NC(C)c3ccccc3)ccn2)CC1. The highest BCUT2D eigenvalue weighted by Crippen LogP contribution is 2.13. The molecule has 3 rings (SSSR count). The van der Waals surface area contributed by atoms with Gasteiger partial charge in [-0.05, 0) is 31.2 Å². The highest BCUT2D eigenvalue weighted by atomic mass is 16.2. The molecule has 1 aromatic carbocycles. The molecule has 1 aliphatic rings. The van der Waals surface area contributed by atoms with E-state index in [9.17, 15) is 9.59 Å². The number of rotatable bonds is 5. The lowest BCUT2D eigenvalue weighted by atomic mass is 10.1. The zero-order chi connectivity index (χ0) is 19.2. The average molecular weight is 366 g/mol. The standard InChI is InChI=1S/C21H26N4O2/c1-3-24-11-13-25(14-12-24)21(27)19-15-18(9-10-22-19)20(26)23-16(2)17-7-5-4-6-8-17/h4-10,15-16H,3,11-14H2,1-2H3,(H,23,26). The van der Waals surface area contributed by atoms with Gasteiger partial charge in [0.05, 0.1) is 6.04 Å². The highest BCUT2D eigenvalue weighted by molar-refractivity contribution is 5.98. The molecule has 0 saturated carbocycles. The number of carbonyl (C=O) groups excluding carboxylic acids is 2. The Labute approximate surface area is 160 Å². The molecule has 0 spiro atoms. The first-order valence-electron chi connectivity index (χ1n) is 9.42. The van der Waals surface area contributed by atoms with Gasteiger partial charge in [-0.15, -0.1) is 0 Å². The van der Waals surface area contributed by atoms with Crippen molar-refractivity contribution in [2.45, 2.75) is 19.9 Å². The fourth-order valence-corrected chi connectivity index (χ4v) is 3.22. The highest BCUT2D eigenvalue weighted by Gasteiger charge is 2.23. The summed E-state index contributed by atoms with van der Waals surface area (Å²) in [7, 11) is 0. The van der Waals surface area contributed by atoms with Crippen LogP contribution in [0.4, 0.5) is 0 Å². The third-order valence-corrected chi connectivity index (χ3v) is 5.00. The zero-order valence-corrected chi connectivity index (χ0v) is 15.9. The van der Waals surface area contributed by atoms with Gasteiger partial charge in [-0.25, -0.2) is 0 Å². The summed E-state index contributed by atoms with van der Waals surface area (Å²) in [4.78, 5) is 33.6. The quantitative estimate of drug-likeness (QED) is 0.882. The van der Waals surface area contributed by atoms with E-state index < -0.39 is 0 Å². The molecule has 1 N–H and O–H groups in total. The lowest BCUT2D eigenvalue weighted by Crippen LogP contribution is -2.48. The minimum Gasteiger partial charge on any atom is -0.346 e. The van der Waals surface area contributed by atoms with Crippen molar-refractivity contribution >= 4 is 11.8 Å². The molecular formula is C21H26N4O2. The number of benzene rings is 1. The molecule has 1 atom stereocenters. The van der Waals surface area contributed by atoms with Gasteiger partial charge in [-0.2, -0.15) is 0 Å². The molecule has 1 aliphatic heterocycles. The second-order valence-corrected chi connectivity index (χ2v) is 6.76. The van der Waals surface area contributed by atoms with Crippen LogP contribution >= 0.6 is 0 Å². The third kappa shape index (κ3) is 4.71. The Morgan fingerprint density at radius 1 is 1.11 bits per heavy atom. The van der Waals surface area contributed by atoms with E-state index in [1.165, 1.54) is 6.20 Å². The summed E-state index contributed by atoms with van der Waals surface area (Å²) in [6.07, 6.45) is 1.53. The van der Waals surface area contributed by atoms with E-state index >= 15 is 0 Å². The fourth-order valence-electron chi connectivity index (χ4n) is 3.22. The van der Waals surface area contributed by atoms with Crippen LogP contribution in [0.15, 0.2) is 48.7 Å². The first-order chi connectivity index (χ1) is 13.1. The van der Waals surface area contributed by atoms with Gasteiger partial charge >= 0.3 is 0 Å². The lowest BCUT2D eigenvalue weighted by Gasteiger charge is -2.33. The molecule has 0 aliphatic carbocycles. The molecule has 0 radical (unpaired) electrons. The van der Waals surface area contributed by atoms with Crippen LogP contribution in [0.3, 0.4) is 0 Å². The second kappa shape index (κ2) is 8.77. The van der Waals surface area contributed by atoms with Crippen molar-refractivity contribution in [1.82, 2.24) is 20.1 Å². The summed E-state index contributed by atoms with van der Waals surface area (Å²) in [5.41, 5.74) is 1.80. The molecule has 2 heterocycles. The largest absolute Gasteiger partial charge is 0.346 e. The molecule has 1 fully saturated rings. The van der Waals surface area contributed by atoms with Crippen molar-refractivity contribution < 1.29 is 9.59 Å². The number of aromatic nitrogens is 1. The van der Waals surface area contributed by atoms with Gasteiger partial charge in [-0.3, -0.25) is 14.6 Å². The third-order valence-electron chi connectivity index (χ3n) is 5.00. The van der Waals surface area contributed by atoms with Crippen molar-refractivity contribution in [2.75, 3.05) is 32.7 Å². The summed E-state index contributed by atoms with van der Waals surface area (Å²) in [6, 6.07) is 12.9. The average Bonchev–Trinajstić information content (AvgIpc) is 2.74. The summed E-state index contributed by atoms with van der Waals surface area (Å²) in [5.74, 6) is -0.324. The maximum Gasteiger partial charge on any atom is 0.272 e. The number of nitrogens with one attached hydrogen (secondary N) is 1. The first-order valence-corrected chi connectivity index (χ1v) is 9.42. The van der Waals surface area contributed by atoms with Gasteiger partial charge in [0.15, 0.2) is 0 Å².